The van der Waals surface area contributed by atoms with Gasteiger partial charge in [-0.2, -0.15) is 5.10 Å². The topological polar surface area (TPSA) is 82.6 Å². The number of H-pyrrole nitrogens is 1. The SMILES string of the molecule is Cc1ccnc(Nc2nc3c(s2)CCN(C(C)C)c2[nH]ncc2-3)n1. The van der Waals surface area contributed by atoms with E-state index in [4.69, 9.17) is 4.98 Å². The average molecular weight is 341 g/mol. The number of fused-ring (bicyclic) bond motifs is 3. The fourth-order valence-electron chi connectivity index (χ4n) is 2.91. The number of hydrogen-bond donors (Lipinski definition) is 2. The minimum Gasteiger partial charge on any atom is -0.354 e. The molecule has 0 saturated heterocycles. The van der Waals surface area contributed by atoms with E-state index >= 15 is 0 Å². The number of nitrogens with one attached hydrogen (secondary N) is 2. The van der Waals surface area contributed by atoms with Gasteiger partial charge in [0, 0.05) is 35.8 Å². The van der Waals surface area contributed by atoms with Crippen LogP contribution >= 0.6 is 11.3 Å². The van der Waals surface area contributed by atoms with Crippen LogP contribution in [0.4, 0.5) is 16.9 Å². The van der Waals surface area contributed by atoms with Gasteiger partial charge < -0.3 is 10.2 Å². The molecule has 4 rings (SSSR count). The Kier molecular flexibility index (Phi) is 3.68. The third-order valence-electron chi connectivity index (χ3n) is 4.08. The third-order valence-corrected chi connectivity index (χ3v) is 5.11. The standard InChI is InChI=1S/C16H19N7S/c1-9(2)23-7-5-12-13(11-8-18-22-14(11)23)20-16(24-12)21-15-17-6-4-10(3)19-15/h4,6,8-9H,5,7H2,1-3H3,(H,18,22)(H,17,19,20,21). The summed E-state index contributed by atoms with van der Waals surface area (Å²) in [4.78, 5) is 17.0. The van der Waals surface area contributed by atoms with Crippen LogP contribution in [0.15, 0.2) is 18.5 Å². The van der Waals surface area contributed by atoms with Crippen molar-refractivity contribution in [2.45, 2.75) is 33.2 Å². The molecular weight excluding hydrogens is 322 g/mol. The Bertz CT molecular complexity index is 867. The van der Waals surface area contributed by atoms with Crippen molar-refractivity contribution in [1.82, 2.24) is 25.1 Å². The first-order valence-corrected chi connectivity index (χ1v) is 8.80. The van der Waals surface area contributed by atoms with Crippen LogP contribution in [0.1, 0.15) is 24.4 Å². The predicted molar refractivity (Wildman–Crippen MR) is 95.9 cm³/mol. The van der Waals surface area contributed by atoms with Gasteiger partial charge in [-0.05, 0) is 26.8 Å². The van der Waals surface area contributed by atoms with E-state index in [2.05, 4.69) is 44.2 Å². The Morgan fingerprint density at radius 3 is 3.00 bits per heavy atom. The van der Waals surface area contributed by atoms with Crippen molar-refractivity contribution in [1.29, 1.82) is 0 Å². The summed E-state index contributed by atoms with van der Waals surface area (Å²) in [5.74, 6) is 1.63. The molecule has 0 fully saturated rings. The smallest absolute Gasteiger partial charge is 0.229 e. The van der Waals surface area contributed by atoms with Crippen molar-refractivity contribution in [3.05, 3.63) is 29.0 Å². The summed E-state index contributed by atoms with van der Waals surface area (Å²) in [7, 11) is 0. The molecule has 2 N–H and O–H groups in total. The Hall–Kier alpha value is -2.48. The van der Waals surface area contributed by atoms with Crippen molar-refractivity contribution in [3.63, 3.8) is 0 Å². The molecule has 4 heterocycles. The molecule has 0 spiro atoms. The van der Waals surface area contributed by atoms with Crippen LogP contribution in [0.25, 0.3) is 11.3 Å². The second kappa shape index (κ2) is 5.86. The van der Waals surface area contributed by atoms with Gasteiger partial charge in [0.25, 0.3) is 0 Å². The zero-order valence-electron chi connectivity index (χ0n) is 13.9. The third kappa shape index (κ3) is 2.62. The summed E-state index contributed by atoms with van der Waals surface area (Å²) < 4.78 is 0. The average Bonchev–Trinajstić information content (AvgIpc) is 3.12. The van der Waals surface area contributed by atoms with E-state index in [1.54, 1.807) is 17.5 Å². The molecule has 3 aromatic heterocycles. The Morgan fingerprint density at radius 2 is 2.21 bits per heavy atom. The monoisotopic (exact) mass is 341 g/mol. The number of hydrogen-bond acceptors (Lipinski definition) is 7. The van der Waals surface area contributed by atoms with Crippen molar-refractivity contribution in [2.24, 2.45) is 0 Å². The molecule has 7 nitrogen and oxygen atoms in total. The molecule has 0 amide bonds. The van der Waals surface area contributed by atoms with Crippen LogP contribution in [0.3, 0.4) is 0 Å². The molecule has 0 aromatic carbocycles. The van der Waals surface area contributed by atoms with Gasteiger partial charge in [0.05, 0.1) is 17.5 Å². The van der Waals surface area contributed by atoms with E-state index in [9.17, 15) is 0 Å². The molecule has 0 saturated carbocycles. The van der Waals surface area contributed by atoms with Gasteiger partial charge in [-0.1, -0.05) is 0 Å². The summed E-state index contributed by atoms with van der Waals surface area (Å²) in [5.41, 5.74) is 2.99. The second-order valence-electron chi connectivity index (χ2n) is 6.11. The number of aryl methyl sites for hydroxylation is 1. The minimum absolute atomic E-state index is 0.413. The Balaban J connectivity index is 1.70. The van der Waals surface area contributed by atoms with Gasteiger partial charge in [0.15, 0.2) is 5.13 Å². The van der Waals surface area contributed by atoms with E-state index in [-0.39, 0.29) is 0 Å². The quantitative estimate of drug-likeness (QED) is 0.761. The van der Waals surface area contributed by atoms with Crippen LogP contribution in [-0.4, -0.2) is 37.7 Å². The summed E-state index contributed by atoms with van der Waals surface area (Å²) in [5, 5.41) is 11.4. The lowest BCUT2D eigenvalue weighted by molar-refractivity contribution is 0.674. The van der Waals surface area contributed by atoms with Gasteiger partial charge in [-0.3, -0.25) is 5.10 Å². The maximum atomic E-state index is 4.78. The minimum atomic E-state index is 0.413. The summed E-state index contributed by atoms with van der Waals surface area (Å²) in [6, 6.07) is 2.29. The highest BCUT2D eigenvalue weighted by Crippen LogP contribution is 2.39. The first kappa shape index (κ1) is 15.1. The van der Waals surface area contributed by atoms with E-state index in [0.29, 0.717) is 12.0 Å². The molecule has 0 aliphatic carbocycles. The Morgan fingerprint density at radius 1 is 1.33 bits per heavy atom. The van der Waals surface area contributed by atoms with Crippen LogP contribution in [-0.2, 0) is 6.42 Å². The maximum Gasteiger partial charge on any atom is 0.229 e. The van der Waals surface area contributed by atoms with Crippen molar-refractivity contribution < 1.29 is 0 Å². The van der Waals surface area contributed by atoms with E-state index in [1.807, 2.05) is 19.2 Å². The molecule has 124 valence electrons. The molecule has 0 radical (unpaired) electrons. The van der Waals surface area contributed by atoms with Gasteiger partial charge >= 0.3 is 0 Å². The molecule has 1 aliphatic rings. The first-order chi connectivity index (χ1) is 11.6. The molecule has 0 unspecified atom stereocenters. The molecular formula is C16H19N7S. The lowest BCUT2D eigenvalue weighted by Gasteiger charge is -2.26. The predicted octanol–water partition coefficient (Wildman–Crippen LogP) is 3.15. The fraction of sp³-hybridized carbons (Fsp3) is 0.375. The lowest BCUT2D eigenvalue weighted by atomic mass is 10.2. The zero-order chi connectivity index (χ0) is 16.7. The Labute approximate surface area is 144 Å². The van der Waals surface area contributed by atoms with Crippen LogP contribution in [0, 0.1) is 6.92 Å². The van der Waals surface area contributed by atoms with Crippen molar-refractivity contribution >= 4 is 28.2 Å². The van der Waals surface area contributed by atoms with Gasteiger partial charge in [-0.25, -0.2) is 15.0 Å². The number of rotatable bonds is 3. The maximum absolute atomic E-state index is 4.78. The highest BCUT2D eigenvalue weighted by Gasteiger charge is 2.26. The number of aromatic nitrogens is 5. The van der Waals surface area contributed by atoms with E-state index < -0.39 is 0 Å². The summed E-state index contributed by atoms with van der Waals surface area (Å²) >= 11 is 1.66. The highest BCUT2D eigenvalue weighted by molar-refractivity contribution is 7.16. The molecule has 8 heteroatoms. The normalized spacial score (nSPS) is 13.6. The lowest BCUT2D eigenvalue weighted by Crippen LogP contribution is -2.32. The number of aromatic amines is 1. The van der Waals surface area contributed by atoms with Crippen LogP contribution in [0.2, 0.25) is 0 Å². The van der Waals surface area contributed by atoms with E-state index in [1.165, 1.54) is 4.88 Å². The molecule has 0 bridgehead atoms. The van der Waals surface area contributed by atoms with Crippen LogP contribution in [0.5, 0.6) is 0 Å². The number of anilines is 3. The number of thiazole rings is 1. The summed E-state index contributed by atoms with van der Waals surface area (Å²) in [6.07, 6.45) is 4.57. The van der Waals surface area contributed by atoms with Crippen molar-refractivity contribution in [2.75, 3.05) is 16.8 Å². The van der Waals surface area contributed by atoms with Gasteiger partial charge in [0.1, 0.15) is 5.82 Å². The molecule has 24 heavy (non-hydrogen) atoms. The molecule has 0 atom stereocenters. The first-order valence-electron chi connectivity index (χ1n) is 7.98. The largest absolute Gasteiger partial charge is 0.354 e. The van der Waals surface area contributed by atoms with Crippen molar-refractivity contribution in [3.8, 4) is 11.3 Å². The highest BCUT2D eigenvalue weighted by atomic mass is 32.1. The molecule has 1 aliphatic heterocycles. The van der Waals surface area contributed by atoms with E-state index in [0.717, 1.165) is 40.9 Å². The van der Waals surface area contributed by atoms with Gasteiger partial charge in [0.2, 0.25) is 5.95 Å². The summed E-state index contributed by atoms with van der Waals surface area (Å²) in [6.45, 7) is 7.28. The fourth-order valence-corrected chi connectivity index (χ4v) is 3.87. The zero-order valence-corrected chi connectivity index (χ0v) is 14.7. The van der Waals surface area contributed by atoms with Crippen LogP contribution < -0.4 is 10.2 Å². The molecule has 3 aromatic rings. The second-order valence-corrected chi connectivity index (χ2v) is 7.19. The number of nitrogens with zero attached hydrogens (tertiary/aromatic N) is 5. The van der Waals surface area contributed by atoms with Gasteiger partial charge in [-0.15, -0.1) is 11.3 Å².